The molecule has 0 aliphatic heterocycles. The van der Waals surface area contributed by atoms with Crippen molar-refractivity contribution in [2.24, 2.45) is 0 Å². The molecule has 1 aliphatic carbocycles. The third-order valence-electron chi connectivity index (χ3n) is 3.32. The highest BCUT2D eigenvalue weighted by atomic mass is 32.1. The Bertz CT molecular complexity index is 532. The van der Waals surface area contributed by atoms with Gasteiger partial charge in [0.25, 0.3) is 0 Å². The van der Waals surface area contributed by atoms with Crippen molar-refractivity contribution in [3.63, 3.8) is 0 Å². The maximum absolute atomic E-state index is 12.1. The monoisotopic (exact) mass is 244 g/mol. The molecule has 1 saturated carbocycles. The second-order valence-corrected chi connectivity index (χ2v) is 4.98. The van der Waals surface area contributed by atoms with Crippen LogP contribution < -0.4 is 0 Å². The molecule has 1 aromatic carbocycles. The summed E-state index contributed by atoms with van der Waals surface area (Å²) in [5.41, 5.74) is 2.45. The highest BCUT2D eigenvalue weighted by Gasteiger charge is 2.20. The van der Waals surface area contributed by atoms with E-state index >= 15 is 0 Å². The van der Waals surface area contributed by atoms with Crippen molar-refractivity contribution in [1.29, 1.82) is 0 Å². The van der Waals surface area contributed by atoms with Gasteiger partial charge >= 0.3 is 0 Å². The number of rotatable bonds is 3. The molecule has 1 fully saturated rings. The molecule has 4 heteroatoms. The van der Waals surface area contributed by atoms with Crippen LogP contribution in [0.5, 0.6) is 0 Å². The molecule has 1 aliphatic rings. The molecule has 86 valence electrons. The molecule has 3 nitrogen and oxygen atoms in total. The van der Waals surface area contributed by atoms with Gasteiger partial charge in [-0.15, -0.1) is 5.10 Å². The molecule has 0 spiro atoms. The Labute approximate surface area is 104 Å². The maximum atomic E-state index is 12.1. The summed E-state index contributed by atoms with van der Waals surface area (Å²) < 4.78 is 3.72. The van der Waals surface area contributed by atoms with E-state index in [-0.39, 0.29) is 5.78 Å². The first kappa shape index (κ1) is 10.6. The molecule has 0 saturated heterocycles. The van der Waals surface area contributed by atoms with Gasteiger partial charge in [0.2, 0.25) is 5.78 Å². The molecule has 0 atom stereocenters. The van der Waals surface area contributed by atoms with Gasteiger partial charge in [0.05, 0.1) is 0 Å². The van der Waals surface area contributed by atoms with Crippen LogP contribution in [-0.2, 0) is 0 Å². The highest BCUT2D eigenvalue weighted by molar-refractivity contribution is 7.03. The molecule has 0 amide bonds. The standard InChI is InChI=1S/C13H12N2OS/c16-13(12-8-17-15-14-12)11-6-2-5-10(7-11)9-3-1-4-9/h2,5-9H,1,3-4H2. The second-order valence-electron chi connectivity index (χ2n) is 4.37. The lowest BCUT2D eigenvalue weighted by atomic mass is 9.79. The summed E-state index contributed by atoms with van der Waals surface area (Å²) in [6.07, 6.45) is 3.80. The Balaban J connectivity index is 1.90. The first-order valence-corrected chi connectivity index (χ1v) is 6.60. The van der Waals surface area contributed by atoms with E-state index in [9.17, 15) is 4.79 Å². The fraction of sp³-hybridized carbons (Fsp3) is 0.308. The minimum atomic E-state index is -0.0278. The van der Waals surface area contributed by atoms with Crippen molar-refractivity contribution in [3.8, 4) is 0 Å². The number of carbonyl (C=O) groups is 1. The summed E-state index contributed by atoms with van der Waals surface area (Å²) in [5, 5.41) is 5.51. The van der Waals surface area contributed by atoms with Gasteiger partial charge in [-0.1, -0.05) is 29.1 Å². The zero-order valence-corrected chi connectivity index (χ0v) is 10.1. The van der Waals surface area contributed by atoms with Gasteiger partial charge in [0.15, 0.2) is 0 Å². The predicted molar refractivity (Wildman–Crippen MR) is 66.4 cm³/mol. The predicted octanol–water partition coefficient (Wildman–Crippen LogP) is 3.04. The molecule has 3 rings (SSSR count). The minimum Gasteiger partial charge on any atom is -0.287 e. The van der Waals surface area contributed by atoms with Gasteiger partial charge in [-0.05, 0) is 41.9 Å². The lowest BCUT2D eigenvalue weighted by molar-refractivity contribution is 0.103. The SMILES string of the molecule is O=C(c1cccc(C2CCC2)c1)c1csnn1. The molecule has 0 bridgehead atoms. The molecule has 0 N–H and O–H groups in total. The molecule has 1 heterocycles. The first-order chi connectivity index (χ1) is 8.34. The van der Waals surface area contributed by atoms with Crippen LogP contribution in [0, 0.1) is 0 Å². The highest BCUT2D eigenvalue weighted by Crippen LogP contribution is 2.36. The summed E-state index contributed by atoms with van der Waals surface area (Å²) >= 11 is 1.21. The van der Waals surface area contributed by atoms with Crippen molar-refractivity contribution in [2.45, 2.75) is 25.2 Å². The summed E-state index contributed by atoms with van der Waals surface area (Å²) in [6, 6.07) is 7.93. The van der Waals surface area contributed by atoms with E-state index in [1.165, 1.54) is 36.4 Å². The Morgan fingerprint density at radius 3 is 2.88 bits per heavy atom. The lowest BCUT2D eigenvalue weighted by Crippen LogP contribution is -2.10. The lowest BCUT2D eigenvalue weighted by Gasteiger charge is -2.25. The molecular weight excluding hydrogens is 232 g/mol. The normalized spacial score (nSPS) is 15.5. The average Bonchev–Trinajstić information content (AvgIpc) is 2.79. The number of ketones is 1. The van der Waals surface area contributed by atoms with Crippen molar-refractivity contribution in [3.05, 3.63) is 46.5 Å². The van der Waals surface area contributed by atoms with Gasteiger partial charge in [-0.3, -0.25) is 4.79 Å². The van der Waals surface area contributed by atoms with Crippen LogP contribution in [0.15, 0.2) is 29.6 Å². The third kappa shape index (κ3) is 2.00. The maximum Gasteiger partial charge on any atom is 0.214 e. The van der Waals surface area contributed by atoms with Crippen LogP contribution in [0.4, 0.5) is 0 Å². The van der Waals surface area contributed by atoms with E-state index in [1.54, 1.807) is 5.38 Å². The Morgan fingerprint density at radius 1 is 1.35 bits per heavy atom. The van der Waals surface area contributed by atoms with E-state index < -0.39 is 0 Å². The smallest absolute Gasteiger partial charge is 0.214 e. The van der Waals surface area contributed by atoms with Crippen LogP contribution in [-0.4, -0.2) is 15.4 Å². The average molecular weight is 244 g/mol. The fourth-order valence-electron chi connectivity index (χ4n) is 2.09. The first-order valence-electron chi connectivity index (χ1n) is 5.76. The van der Waals surface area contributed by atoms with E-state index in [0.29, 0.717) is 11.6 Å². The van der Waals surface area contributed by atoms with Crippen LogP contribution in [0.2, 0.25) is 0 Å². The molecule has 2 aromatic rings. The molecule has 1 aromatic heterocycles. The molecule has 17 heavy (non-hydrogen) atoms. The van der Waals surface area contributed by atoms with Crippen LogP contribution in [0.3, 0.4) is 0 Å². The third-order valence-corrected chi connectivity index (χ3v) is 3.82. The number of hydrogen-bond acceptors (Lipinski definition) is 4. The number of carbonyl (C=O) groups excluding carboxylic acids is 1. The molecule has 0 radical (unpaired) electrons. The van der Waals surface area contributed by atoms with Crippen LogP contribution in [0.1, 0.15) is 46.8 Å². The molecule has 0 unspecified atom stereocenters. The second kappa shape index (κ2) is 4.37. The van der Waals surface area contributed by atoms with Crippen molar-refractivity contribution >= 4 is 17.3 Å². The van der Waals surface area contributed by atoms with E-state index in [4.69, 9.17) is 0 Å². The Hall–Kier alpha value is -1.55. The zero-order valence-electron chi connectivity index (χ0n) is 9.30. The summed E-state index contributed by atoms with van der Waals surface area (Å²) in [7, 11) is 0. The van der Waals surface area contributed by atoms with Gasteiger partial charge in [-0.25, -0.2) is 0 Å². The molecular formula is C13H12N2OS. The minimum absolute atomic E-state index is 0.0278. The quantitative estimate of drug-likeness (QED) is 0.779. The number of benzene rings is 1. The Morgan fingerprint density at radius 2 is 2.24 bits per heavy atom. The van der Waals surface area contributed by atoms with Crippen molar-refractivity contribution in [1.82, 2.24) is 9.59 Å². The summed E-state index contributed by atoms with van der Waals surface area (Å²) in [5.74, 6) is 0.622. The van der Waals surface area contributed by atoms with Crippen LogP contribution in [0.25, 0.3) is 0 Å². The van der Waals surface area contributed by atoms with E-state index in [1.807, 2.05) is 18.2 Å². The van der Waals surface area contributed by atoms with Crippen molar-refractivity contribution in [2.75, 3.05) is 0 Å². The Kier molecular flexibility index (Phi) is 2.73. The van der Waals surface area contributed by atoms with Crippen molar-refractivity contribution < 1.29 is 4.79 Å². The summed E-state index contributed by atoms with van der Waals surface area (Å²) in [6.45, 7) is 0. The van der Waals surface area contributed by atoms with Gasteiger partial charge in [-0.2, -0.15) is 0 Å². The topological polar surface area (TPSA) is 42.9 Å². The van der Waals surface area contributed by atoms with Gasteiger partial charge in [0, 0.05) is 10.9 Å². The van der Waals surface area contributed by atoms with E-state index in [0.717, 1.165) is 5.56 Å². The summed E-state index contributed by atoms with van der Waals surface area (Å²) in [4.78, 5) is 12.1. The number of aromatic nitrogens is 2. The van der Waals surface area contributed by atoms with Crippen LogP contribution >= 0.6 is 11.5 Å². The van der Waals surface area contributed by atoms with E-state index in [2.05, 4.69) is 15.7 Å². The van der Waals surface area contributed by atoms with Gasteiger partial charge < -0.3 is 0 Å². The fourth-order valence-corrected chi connectivity index (χ4v) is 2.52. The number of nitrogens with zero attached hydrogens (tertiary/aromatic N) is 2. The largest absolute Gasteiger partial charge is 0.287 e. The van der Waals surface area contributed by atoms with Gasteiger partial charge in [0.1, 0.15) is 5.69 Å². The number of hydrogen-bond donors (Lipinski definition) is 0. The zero-order chi connectivity index (χ0) is 11.7.